The van der Waals surface area contributed by atoms with E-state index in [0.717, 1.165) is 16.0 Å². The van der Waals surface area contributed by atoms with Crippen molar-refractivity contribution in [3.8, 4) is 22.9 Å². The minimum absolute atomic E-state index is 0.236. The van der Waals surface area contributed by atoms with Gasteiger partial charge in [-0.05, 0) is 59.7 Å². The molecule has 29 heavy (non-hydrogen) atoms. The number of methoxy groups -OCH3 is 1. The lowest BCUT2D eigenvalue weighted by atomic mass is 10.0. The summed E-state index contributed by atoms with van der Waals surface area (Å²) in [5.41, 5.74) is 3.11. The Labute approximate surface area is 174 Å². The topological polar surface area (TPSA) is 70.4 Å². The molecule has 0 fully saturated rings. The van der Waals surface area contributed by atoms with Gasteiger partial charge in [-0.15, -0.1) is 11.8 Å². The highest BCUT2D eigenvalue weighted by molar-refractivity contribution is 8.00. The first-order valence-corrected chi connectivity index (χ1v) is 11.4. The maximum Gasteiger partial charge on any atom is 0.264 e. The van der Waals surface area contributed by atoms with Crippen molar-refractivity contribution in [3.63, 3.8) is 0 Å². The first-order chi connectivity index (χ1) is 14.0. The van der Waals surface area contributed by atoms with Crippen LogP contribution in [0.4, 0.5) is 5.69 Å². The van der Waals surface area contributed by atoms with Gasteiger partial charge in [-0.2, -0.15) is 5.26 Å². The van der Waals surface area contributed by atoms with Gasteiger partial charge in [0.2, 0.25) is 0 Å². The van der Waals surface area contributed by atoms with Crippen molar-refractivity contribution in [1.82, 2.24) is 0 Å². The van der Waals surface area contributed by atoms with Crippen LogP contribution in [0.1, 0.15) is 5.56 Å². The van der Waals surface area contributed by atoms with Crippen LogP contribution in [0.15, 0.2) is 76.5 Å². The molecule has 0 atom stereocenters. The van der Waals surface area contributed by atoms with Crippen LogP contribution in [-0.2, 0) is 10.0 Å². The molecule has 0 saturated carbocycles. The number of thioether (sulfide) groups is 1. The van der Waals surface area contributed by atoms with Crippen LogP contribution in [0.5, 0.6) is 5.75 Å². The molecule has 146 valence electrons. The zero-order chi connectivity index (χ0) is 20.4. The Morgan fingerprint density at radius 1 is 1.00 bits per heavy atom. The molecule has 3 aromatic rings. The van der Waals surface area contributed by atoms with E-state index in [1.807, 2.05) is 30.3 Å². The molecule has 0 spiro atoms. The third-order valence-electron chi connectivity index (χ3n) is 4.77. The van der Waals surface area contributed by atoms with E-state index in [-0.39, 0.29) is 4.90 Å². The number of sulfonamides is 1. The maximum atomic E-state index is 13.3. The van der Waals surface area contributed by atoms with Gasteiger partial charge in [0.15, 0.2) is 0 Å². The number of nitrogens with zero attached hydrogens (tertiary/aromatic N) is 2. The molecule has 0 aromatic heterocycles. The van der Waals surface area contributed by atoms with E-state index in [1.165, 1.54) is 4.31 Å². The second kappa shape index (κ2) is 7.82. The molecule has 0 radical (unpaired) electrons. The zero-order valence-corrected chi connectivity index (χ0v) is 17.3. The lowest BCUT2D eigenvalue weighted by Gasteiger charge is -2.30. The molecule has 0 bridgehead atoms. The molecule has 4 rings (SSSR count). The zero-order valence-electron chi connectivity index (χ0n) is 15.7. The summed E-state index contributed by atoms with van der Waals surface area (Å²) in [6, 6.07) is 21.7. The van der Waals surface area contributed by atoms with Crippen molar-refractivity contribution in [2.75, 3.05) is 23.7 Å². The number of hydrogen-bond acceptors (Lipinski definition) is 5. The largest absolute Gasteiger partial charge is 0.497 e. The summed E-state index contributed by atoms with van der Waals surface area (Å²) in [5, 5.41) is 8.99. The first kappa shape index (κ1) is 19.4. The molecular weight excluding hydrogens is 404 g/mol. The van der Waals surface area contributed by atoms with Crippen LogP contribution in [0.3, 0.4) is 0 Å². The summed E-state index contributed by atoms with van der Waals surface area (Å²) in [7, 11) is -2.14. The molecule has 0 N–H and O–H groups in total. The first-order valence-electron chi connectivity index (χ1n) is 8.97. The number of fused-ring (bicyclic) bond motifs is 1. The van der Waals surface area contributed by atoms with Gasteiger partial charge in [-0.3, -0.25) is 4.31 Å². The monoisotopic (exact) mass is 422 g/mol. The van der Waals surface area contributed by atoms with Gasteiger partial charge in [0, 0.05) is 17.2 Å². The Hall–Kier alpha value is -2.95. The molecule has 1 heterocycles. The second-order valence-corrected chi connectivity index (χ2v) is 9.47. The highest BCUT2D eigenvalue weighted by atomic mass is 32.2. The van der Waals surface area contributed by atoms with Crippen molar-refractivity contribution in [2.24, 2.45) is 0 Å². The van der Waals surface area contributed by atoms with E-state index >= 15 is 0 Å². The Balaban J connectivity index is 1.75. The van der Waals surface area contributed by atoms with Crippen LogP contribution in [0.25, 0.3) is 11.1 Å². The van der Waals surface area contributed by atoms with Gasteiger partial charge in [-0.1, -0.05) is 18.2 Å². The number of hydrogen-bond donors (Lipinski definition) is 0. The Kier molecular flexibility index (Phi) is 5.22. The normalized spacial score (nSPS) is 13.4. The van der Waals surface area contributed by atoms with Crippen molar-refractivity contribution >= 4 is 27.5 Å². The van der Waals surface area contributed by atoms with E-state index in [0.29, 0.717) is 29.3 Å². The van der Waals surface area contributed by atoms with E-state index in [1.54, 1.807) is 55.3 Å². The predicted octanol–water partition coefficient (Wildman–Crippen LogP) is 4.53. The summed E-state index contributed by atoms with van der Waals surface area (Å²) >= 11 is 1.65. The molecule has 1 aliphatic rings. The summed E-state index contributed by atoms with van der Waals surface area (Å²) in [4.78, 5) is 1.17. The van der Waals surface area contributed by atoms with Gasteiger partial charge >= 0.3 is 0 Å². The molecule has 0 amide bonds. The Morgan fingerprint density at radius 3 is 2.34 bits per heavy atom. The lowest BCUT2D eigenvalue weighted by molar-refractivity contribution is 0.414. The Morgan fingerprint density at radius 2 is 1.69 bits per heavy atom. The molecule has 7 heteroatoms. The summed E-state index contributed by atoms with van der Waals surface area (Å²) < 4.78 is 33.3. The van der Waals surface area contributed by atoms with Crippen LogP contribution >= 0.6 is 11.8 Å². The predicted molar refractivity (Wildman–Crippen MR) is 115 cm³/mol. The van der Waals surface area contributed by atoms with E-state index < -0.39 is 10.0 Å². The minimum Gasteiger partial charge on any atom is -0.497 e. The molecular formula is C22H18N2O3S2. The van der Waals surface area contributed by atoms with Crippen LogP contribution in [0, 0.1) is 11.3 Å². The van der Waals surface area contributed by atoms with Crippen LogP contribution < -0.4 is 9.04 Å². The standard InChI is InChI=1S/C22H18N2O3S2/c1-27-19-7-9-20(10-8-19)29(25,26)24-12-13-28-22-11-6-18(14-21(22)24)17-4-2-16(15-23)3-5-17/h2-11,14H,12-13H2,1H3. The average molecular weight is 423 g/mol. The molecule has 0 saturated heterocycles. The van der Waals surface area contributed by atoms with Gasteiger partial charge < -0.3 is 4.74 Å². The third kappa shape index (κ3) is 3.69. The minimum atomic E-state index is -3.69. The number of nitriles is 1. The number of rotatable bonds is 4. The van der Waals surface area contributed by atoms with Crippen LogP contribution in [0.2, 0.25) is 0 Å². The smallest absolute Gasteiger partial charge is 0.264 e. The van der Waals surface area contributed by atoms with E-state index in [9.17, 15) is 8.42 Å². The molecule has 0 unspecified atom stereocenters. The molecule has 0 aliphatic carbocycles. The summed E-state index contributed by atoms with van der Waals surface area (Å²) in [5.74, 6) is 1.31. The van der Waals surface area contributed by atoms with Gasteiger partial charge in [0.05, 0.1) is 29.3 Å². The number of anilines is 1. The summed E-state index contributed by atoms with van der Waals surface area (Å²) in [6.07, 6.45) is 0. The Bertz CT molecular complexity index is 1180. The van der Waals surface area contributed by atoms with E-state index in [4.69, 9.17) is 10.00 Å². The fourth-order valence-electron chi connectivity index (χ4n) is 3.23. The van der Waals surface area contributed by atoms with E-state index in [2.05, 4.69) is 6.07 Å². The SMILES string of the molecule is COc1ccc(S(=O)(=O)N2CCSc3ccc(-c4ccc(C#N)cc4)cc32)cc1. The lowest BCUT2D eigenvalue weighted by Crippen LogP contribution is -2.35. The quantitative estimate of drug-likeness (QED) is 0.618. The van der Waals surface area contributed by atoms with Crippen molar-refractivity contribution < 1.29 is 13.2 Å². The van der Waals surface area contributed by atoms with Crippen molar-refractivity contribution in [3.05, 3.63) is 72.3 Å². The number of benzene rings is 3. The fourth-order valence-corrected chi connectivity index (χ4v) is 5.86. The second-order valence-electron chi connectivity index (χ2n) is 6.47. The highest BCUT2D eigenvalue weighted by Crippen LogP contribution is 2.40. The summed E-state index contributed by atoms with van der Waals surface area (Å²) in [6.45, 7) is 0.406. The highest BCUT2D eigenvalue weighted by Gasteiger charge is 2.29. The fraction of sp³-hybridized carbons (Fsp3) is 0.136. The third-order valence-corrected chi connectivity index (χ3v) is 7.64. The molecule has 3 aromatic carbocycles. The van der Waals surface area contributed by atoms with Gasteiger partial charge in [0.25, 0.3) is 10.0 Å². The van der Waals surface area contributed by atoms with Crippen LogP contribution in [-0.4, -0.2) is 27.8 Å². The average Bonchev–Trinajstić information content (AvgIpc) is 2.78. The molecule has 1 aliphatic heterocycles. The number of ether oxygens (including phenoxy) is 1. The van der Waals surface area contributed by atoms with Gasteiger partial charge in [-0.25, -0.2) is 8.42 Å². The maximum absolute atomic E-state index is 13.3. The van der Waals surface area contributed by atoms with Crippen molar-refractivity contribution in [1.29, 1.82) is 5.26 Å². The molecule has 5 nitrogen and oxygen atoms in total. The van der Waals surface area contributed by atoms with Gasteiger partial charge in [0.1, 0.15) is 5.75 Å². The van der Waals surface area contributed by atoms with Crippen molar-refractivity contribution in [2.45, 2.75) is 9.79 Å².